The van der Waals surface area contributed by atoms with E-state index in [0.717, 1.165) is 31.4 Å². The average Bonchev–Trinajstić information content (AvgIpc) is 1.83. The Morgan fingerprint density at radius 2 is 2.18 bits per heavy atom. The van der Waals surface area contributed by atoms with Gasteiger partial charge in [0.25, 0.3) is 0 Å². The molecule has 11 heavy (non-hydrogen) atoms. The lowest BCUT2D eigenvalue weighted by molar-refractivity contribution is 0.180. The topological polar surface area (TPSA) is 3.24 Å². The van der Waals surface area contributed by atoms with Gasteiger partial charge in [-0.2, -0.15) is 0 Å². The van der Waals surface area contributed by atoms with Crippen LogP contribution in [0.4, 0.5) is 4.39 Å². The second kappa shape index (κ2) is 2.94. The van der Waals surface area contributed by atoms with Crippen molar-refractivity contribution >= 4 is 0 Å². The summed E-state index contributed by atoms with van der Waals surface area (Å²) < 4.78 is 12.2. The Balaban J connectivity index is 2.66. The molecule has 1 saturated heterocycles. The van der Waals surface area contributed by atoms with Gasteiger partial charge in [0.2, 0.25) is 0 Å². The normalized spacial score (nSPS) is 29.3. The third-order valence-corrected chi connectivity index (χ3v) is 2.03. The number of piperidine rings is 1. The van der Waals surface area contributed by atoms with Gasteiger partial charge in [0.05, 0.1) is 6.33 Å². The molecule has 2 heteroatoms. The van der Waals surface area contributed by atoms with Crippen molar-refractivity contribution in [2.75, 3.05) is 20.1 Å². The minimum atomic E-state index is 0.241. The van der Waals surface area contributed by atoms with Crippen molar-refractivity contribution in [2.24, 2.45) is 5.41 Å². The molecule has 1 aliphatic heterocycles. The Morgan fingerprint density at radius 3 is 2.64 bits per heavy atom. The number of likely N-dealkylation sites (N-methyl/N-ethyl adjacent to an activating group) is 1. The van der Waals surface area contributed by atoms with Crippen LogP contribution in [0.3, 0.4) is 0 Å². The van der Waals surface area contributed by atoms with Gasteiger partial charge in [-0.05, 0) is 24.5 Å². The Morgan fingerprint density at radius 1 is 1.55 bits per heavy atom. The fourth-order valence-electron chi connectivity index (χ4n) is 1.93. The third-order valence-electron chi connectivity index (χ3n) is 2.03. The van der Waals surface area contributed by atoms with Crippen molar-refractivity contribution in [3.8, 4) is 0 Å². The number of hydrogen-bond acceptors (Lipinski definition) is 1. The molecule has 0 aromatic carbocycles. The molecule has 0 unspecified atom stereocenters. The van der Waals surface area contributed by atoms with Crippen LogP contribution in [-0.2, 0) is 0 Å². The zero-order valence-electron chi connectivity index (χ0n) is 7.52. The van der Waals surface area contributed by atoms with Gasteiger partial charge >= 0.3 is 0 Å². The molecule has 1 fully saturated rings. The van der Waals surface area contributed by atoms with E-state index in [-0.39, 0.29) is 5.41 Å². The molecule has 1 nitrogen and oxygen atoms in total. The molecule has 64 valence electrons. The molecule has 0 saturated carbocycles. The van der Waals surface area contributed by atoms with Crippen molar-refractivity contribution in [3.63, 3.8) is 0 Å². The summed E-state index contributed by atoms with van der Waals surface area (Å²) in [6.45, 7) is 6.20. The Hall–Kier alpha value is -0.370. The highest BCUT2D eigenvalue weighted by atomic mass is 19.1. The van der Waals surface area contributed by atoms with E-state index in [1.54, 1.807) is 0 Å². The van der Waals surface area contributed by atoms with Crippen LogP contribution in [0.15, 0.2) is 11.9 Å². The number of halogens is 1. The summed E-state index contributed by atoms with van der Waals surface area (Å²) in [5.74, 6) is 0. The van der Waals surface area contributed by atoms with Crippen molar-refractivity contribution in [1.82, 2.24) is 4.90 Å². The molecule has 1 rings (SSSR count). The molecule has 1 aliphatic rings. The van der Waals surface area contributed by atoms with Crippen molar-refractivity contribution in [2.45, 2.75) is 20.3 Å². The van der Waals surface area contributed by atoms with Crippen LogP contribution in [0.2, 0.25) is 0 Å². The molecular weight excluding hydrogens is 141 g/mol. The summed E-state index contributed by atoms with van der Waals surface area (Å²) in [6.07, 6.45) is 1.66. The highest BCUT2D eigenvalue weighted by Crippen LogP contribution is 2.30. The maximum Gasteiger partial charge on any atom is 0.0872 e. The number of hydrogen-bond donors (Lipinski definition) is 0. The fraction of sp³-hybridized carbons (Fsp3) is 0.778. The maximum absolute atomic E-state index is 12.2. The van der Waals surface area contributed by atoms with E-state index in [9.17, 15) is 4.39 Å². The lowest BCUT2D eigenvalue weighted by Gasteiger charge is -2.36. The van der Waals surface area contributed by atoms with E-state index >= 15 is 0 Å². The summed E-state index contributed by atoms with van der Waals surface area (Å²) in [5, 5.41) is 0. The van der Waals surface area contributed by atoms with Gasteiger partial charge < -0.3 is 4.90 Å². The van der Waals surface area contributed by atoms with Gasteiger partial charge in [-0.15, -0.1) is 0 Å². The molecule has 0 aromatic heterocycles. The maximum atomic E-state index is 12.2. The first-order valence-electron chi connectivity index (χ1n) is 4.00. The highest BCUT2D eigenvalue weighted by molar-refractivity contribution is 5.07. The van der Waals surface area contributed by atoms with Gasteiger partial charge in [-0.1, -0.05) is 13.8 Å². The Bertz CT molecular complexity index is 172. The second-order valence-electron chi connectivity index (χ2n) is 4.28. The van der Waals surface area contributed by atoms with Crippen LogP contribution in [0, 0.1) is 5.41 Å². The molecule has 0 bridgehead atoms. The summed E-state index contributed by atoms with van der Waals surface area (Å²) in [4.78, 5) is 2.16. The monoisotopic (exact) mass is 157 g/mol. The summed E-state index contributed by atoms with van der Waals surface area (Å²) in [7, 11) is 2.03. The van der Waals surface area contributed by atoms with E-state index in [2.05, 4.69) is 18.7 Å². The molecular formula is C9H16FN. The predicted octanol–water partition coefficient (Wildman–Crippen LogP) is 2.20. The smallest absolute Gasteiger partial charge is 0.0872 e. The van der Waals surface area contributed by atoms with Gasteiger partial charge in [0, 0.05) is 13.1 Å². The molecule has 0 spiro atoms. The van der Waals surface area contributed by atoms with Crippen LogP contribution in [0.25, 0.3) is 0 Å². The van der Waals surface area contributed by atoms with E-state index in [4.69, 9.17) is 0 Å². The Kier molecular flexibility index (Phi) is 2.33. The lowest BCUT2D eigenvalue weighted by atomic mass is 9.82. The predicted molar refractivity (Wildman–Crippen MR) is 45.1 cm³/mol. The standard InChI is InChI=1S/C9H16FN/c1-9(2)4-8(5-10)6-11(3)7-9/h5H,4,6-7H2,1-3H3/b8-5+. The van der Waals surface area contributed by atoms with Crippen LogP contribution in [-0.4, -0.2) is 25.0 Å². The lowest BCUT2D eigenvalue weighted by Crippen LogP contribution is -2.38. The Labute approximate surface area is 67.9 Å². The van der Waals surface area contributed by atoms with Crippen LogP contribution in [0.1, 0.15) is 20.3 Å². The quantitative estimate of drug-likeness (QED) is 0.521. The fourth-order valence-corrected chi connectivity index (χ4v) is 1.93. The summed E-state index contributed by atoms with van der Waals surface area (Å²) in [6, 6.07) is 0. The van der Waals surface area contributed by atoms with Crippen molar-refractivity contribution < 1.29 is 4.39 Å². The van der Waals surface area contributed by atoms with E-state index in [1.165, 1.54) is 0 Å². The molecule has 0 radical (unpaired) electrons. The van der Waals surface area contributed by atoms with Gasteiger partial charge in [-0.25, -0.2) is 4.39 Å². The largest absolute Gasteiger partial charge is 0.302 e. The molecule has 0 aliphatic carbocycles. The summed E-state index contributed by atoms with van der Waals surface area (Å²) in [5.41, 5.74) is 1.16. The average molecular weight is 157 g/mol. The first-order valence-corrected chi connectivity index (χ1v) is 4.00. The second-order valence-corrected chi connectivity index (χ2v) is 4.28. The first kappa shape index (κ1) is 8.72. The van der Waals surface area contributed by atoms with Crippen LogP contribution < -0.4 is 0 Å². The minimum absolute atomic E-state index is 0.241. The minimum Gasteiger partial charge on any atom is -0.302 e. The van der Waals surface area contributed by atoms with E-state index in [1.807, 2.05) is 7.05 Å². The molecule has 1 heterocycles. The van der Waals surface area contributed by atoms with Gasteiger partial charge in [-0.3, -0.25) is 0 Å². The molecule has 0 N–H and O–H groups in total. The molecule has 0 atom stereocenters. The first-order chi connectivity index (χ1) is 5.03. The zero-order valence-corrected chi connectivity index (χ0v) is 7.52. The third kappa shape index (κ3) is 2.29. The molecule has 0 amide bonds. The van der Waals surface area contributed by atoms with Crippen molar-refractivity contribution in [3.05, 3.63) is 11.9 Å². The number of nitrogens with zero attached hydrogens (tertiary/aromatic N) is 1. The number of rotatable bonds is 0. The summed E-state index contributed by atoms with van der Waals surface area (Å²) >= 11 is 0. The van der Waals surface area contributed by atoms with E-state index < -0.39 is 0 Å². The van der Waals surface area contributed by atoms with Crippen LogP contribution in [0.5, 0.6) is 0 Å². The van der Waals surface area contributed by atoms with Crippen LogP contribution >= 0.6 is 0 Å². The SMILES string of the molecule is CN1C/C(=C/F)CC(C)(C)C1. The molecule has 0 aromatic rings. The number of likely N-dealkylation sites (tertiary alicyclic amines) is 1. The highest BCUT2D eigenvalue weighted by Gasteiger charge is 2.27. The van der Waals surface area contributed by atoms with Gasteiger partial charge in [0.15, 0.2) is 0 Å². The zero-order chi connectivity index (χ0) is 8.48. The van der Waals surface area contributed by atoms with Gasteiger partial charge in [0.1, 0.15) is 0 Å². The van der Waals surface area contributed by atoms with E-state index in [0.29, 0.717) is 0 Å². The van der Waals surface area contributed by atoms with Crippen molar-refractivity contribution in [1.29, 1.82) is 0 Å².